The molecule has 1 N–H and O–H groups in total. The van der Waals surface area contributed by atoms with Gasteiger partial charge >= 0.3 is 0 Å². The molecule has 0 saturated carbocycles. The highest BCUT2D eigenvalue weighted by atomic mass is 32.2. The highest BCUT2D eigenvalue weighted by Crippen LogP contribution is 2.09. The summed E-state index contributed by atoms with van der Waals surface area (Å²) in [5, 5.41) is 3.40. The monoisotopic (exact) mass is 281 g/mol. The van der Waals surface area contributed by atoms with E-state index in [1.165, 1.54) is 17.5 Å². The van der Waals surface area contributed by atoms with E-state index in [0.29, 0.717) is 11.8 Å². The summed E-state index contributed by atoms with van der Waals surface area (Å²) < 4.78 is 12.0. The molecule has 0 bridgehead atoms. The van der Waals surface area contributed by atoms with Crippen LogP contribution in [0, 0.1) is 6.92 Å². The van der Waals surface area contributed by atoms with Gasteiger partial charge in [0.05, 0.1) is 0 Å². The maximum atomic E-state index is 12.0. The van der Waals surface area contributed by atoms with E-state index >= 15 is 0 Å². The summed E-state index contributed by atoms with van der Waals surface area (Å²) in [4.78, 5) is 0. The molecule has 19 heavy (non-hydrogen) atoms. The van der Waals surface area contributed by atoms with Crippen molar-refractivity contribution in [1.82, 2.24) is 5.32 Å². The van der Waals surface area contributed by atoms with Gasteiger partial charge in [0.25, 0.3) is 0 Å². The minimum Gasteiger partial charge on any atom is -0.315 e. The summed E-state index contributed by atoms with van der Waals surface area (Å²) in [5.74, 6) is 1.53. The van der Waals surface area contributed by atoms with Crippen LogP contribution in [0.25, 0.3) is 0 Å². The molecule has 2 atom stereocenters. The Balaban J connectivity index is 2.18. The van der Waals surface area contributed by atoms with Gasteiger partial charge in [-0.15, -0.1) is 0 Å². The fourth-order valence-electron chi connectivity index (χ4n) is 2.22. The third-order valence-electron chi connectivity index (χ3n) is 3.22. The lowest BCUT2D eigenvalue weighted by molar-refractivity contribution is 0.509. The number of hydrogen-bond acceptors (Lipinski definition) is 2. The number of hydrogen-bond donors (Lipinski definition) is 1. The molecule has 3 heteroatoms. The van der Waals surface area contributed by atoms with E-state index in [2.05, 4.69) is 44.3 Å². The highest BCUT2D eigenvalue weighted by molar-refractivity contribution is 7.84. The summed E-state index contributed by atoms with van der Waals surface area (Å²) in [6, 6.07) is 8.90. The standard InChI is InChI=1S/C16H27NOS/c1-4-17-15(3)9-5-6-11-19(18)13-16-10-7-8-14(2)12-16/h7-8,10,12,15,17H,4-6,9,11,13H2,1-3H3. The highest BCUT2D eigenvalue weighted by Gasteiger charge is 2.04. The number of benzene rings is 1. The fraction of sp³-hybridized carbons (Fsp3) is 0.625. The molecular weight excluding hydrogens is 254 g/mol. The van der Waals surface area contributed by atoms with E-state index < -0.39 is 10.8 Å². The fourth-order valence-corrected chi connectivity index (χ4v) is 3.45. The number of aryl methyl sites for hydroxylation is 1. The van der Waals surface area contributed by atoms with Crippen molar-refractivity contribution in [2.75, 3.05) is 12.3 Å². The first-order valence-corrected chi connectivity index (χ1v) is 8.74. The van der Waals surface area contributed by atoms with Crippen LogP contribution in [-0.2, 0) is 16.6 Å². The molecule has 2 nitrogen and oxygen atoms in total. The molecule has 0 fully saturated rings. The molecule has 1 aromatic rings. The molecule has 0 spiro atoms. The first-order chi connectivity index (χ1) is 9.11. The summed E-state index contributed by atoms with van der Waals surface area (Å²) in [7, 11) is -0.718. The van der Waals surface area contributed by atoms with E-state index in [9.17, 15) is 4.21 Å². The molecule has 0 saturated heterocycles. The normalized spacial score (nSPS) is 14.3. The van der Waals surface area contributed by atoms with Gasteiger partial charge in [0.1, 0.15) is 0 Å². The van der Waals surface area contributed by atoms with Crippen LogP contribution in [0.5, 0.6) is 0 Å². The first-order valence-electron chi connectivity index (χ1n) is 7.25. The van der Waals surface area contributed by atoms with Gasteiger partial charge in [0.15, 0.2) is 0 Å². The van der Waals surface area contributed by atoms with Crippen LogP contribution in [0.15, 0.2) is 24.3 Å². The van der Waals surface area contributed by atoms with Crippen LogP contribution >= 0.6 is 0 Å². The number of rotatable bonds is 9. The maximum Gasteiger partial charge on any atom is 0.0485 e. The Morgan fingerprint density at radius 2 is 2.11 bits per heavy atom. The Hall–Kier alpha value is -0.670. The van der Waals surface area contributed by atoms with E-state index in [1.54, 1.807) is 0 Å². The van der Waals surface area contributed by atoms with E-state index in [4.69, 9.17) is 0 Å². The quantitative estimate of drug-likeness (QED) is 0.703. The molecule has 0 radical (unpaired) electrons. The Bertz CT molecular complexity index is 392. The van der Waals surface area contributed by atoms with Gasteiger partial charge in [0, 0.05) is 28.3 Å². The van der Waals surface area contributed by atoms with Crippen LogP contribution in [0.2, 0.25) is 0 Å². The van der Waals surface area contributed by atoms with Crippen molar-refractivity contribution in [3.8, 4) is 0 Å². The zero-order valence-electron chi connectivity index (χ0n) is 12.4. The predicted octanol–water partition coefficient (Wildman–Crippen LogP) is 3.41. The topological polar surface area (TPSA) is 29.1 Å². The Morgan fingerprint density at radius 3 is 2.79 bits per heavy atom. The van der Waals surface area contributed by atoms with Crippen molar-refractivity contribution in [3.63, 3.8) is 0 Å². The van der Waals surface area contributed by atoms with Gasteiger partial charge < -0.3 is 5.32 Å². The summed E-state index contributed by atoms with van der Waals surface area (Å²) in [6.07, 6.45) is 3.40. The minimum absolute atomic E-state index is 0.579. The number of nitrogens with one attached hydrogen (secondary N) is 1. The van der Waals surface area contributed by atoms with Gasteiger partial charge in [-0.1, -0.05) is 43.2 Å². The smallest absolute Gasteiger partial charge is 0.0485 e. The van der Waals surface area contributed by atoms with Crippen molar-refractivity contribution < 1.29 is 4.21 Å². The van der Waals surface area contributed by atoms with Gasteiger partial charge in [0.2, 0.25) is 0 Å². The third-order valence-corrected chi connectivity index (χ3v) is 4.62. The molecule has 0 aliphatic rings. The van der Waals surface area contributed by atoms with E-state index in [-0.39, 0.29) is 0 Å². The summed E-state index contributed by atoms with van der Waals surface area (Å²) in [6.45, 7) is 7.45. The predicted molar refractivity (Wildman–Crippen MR) is 84.9 cm³/mol. The lowest BCUT2D eigenvalue weighted by atomic mass is 10.1. The largest absolute Gasteiger partial charge is 0.315 e. The van der Waals surface area contributed by atoms with Crippen LogP contribution < -0.4 is 5.32 Å². The zero-order chi connectivity index (χ0) is 14.1. The maximum absolute atomic E-state index is 12.0. The SMILES string of the molecule is CCNC(C)CCCCS(=O)Cc1cccc(C)c1. The number of unbranched alkanes of at least 4 members (excludes halogenated alkanes) is 1. The second-order valence-electron chi connectivity index (χ2n) is 5.23. The molecule has 0 amide bonds. The molecule has 1 rings (SSSR count). The Kier molecular flexibility index (Phi) is 7.99. The molecule has 1 aromatic carbocycles. The van der Waals surface area contributed by atoms with Gasteiger partial charge in [-0.3, -0.25) is 4.21 Å². The molecule has 0 aliphatic carbocycles. The van der Waals surface area contributed by atoms with Gasteiger partial charge in [-0.2, -0.15) is 0 Å². The van der Waals surface area contributed by atoms with Crippen LogP contribution in [0.1, 0.15) is 44.2 Å². The third kappa shape index (κ3) is 7.48. The zero-order valence-corrected chi connectivity index (χ0v) is 13.3. The van der Waals surface area contributed by atoms with Gasteiger partial charge in [-0.05, 0) is 38.8 Å². The molecular formula is C16H27NOS. The molecule has 2 unspecified atom stereocenters. The second kappa shape index (κ2) is 9.27. The van der Waals surface area contributed by atoms with Crippen molar-refractivity contribution in [2.24, 2.45) is 0 Å². The molecule has 108 valence electrons. The van der Waals surface area contributed by atoms with Crippen molar-refractivity contribution in [2.45, 2.75) is 51.8 Å². The molecule has 0 aromatic heterocycles. The second-order valence-corrected chi connectivity index (χ2v) is 6.81. The Morgan fingerprint density at radius 1 is 1.32 bits per heavy atom. The summed E-state index contributed by atoms with van der Waals surface area (Å²) in [5.41, 5.74) is 2.44. The first kappa shape index (κ1) is 16.4. The van der Waals surface area contributed by atoms with Crippen LogP contribution in [0.3, 0.4) is 0 Å². The van der Waals surface area contributed by atoms with Crippen LogP contribution in [-0.4, -0.2) is 22.5 Å². The van der Waals surface area contributed by atoms with Crippen molar-refractivity contribution in [1.29, 1.82) is 0 Å². The van der Waals surface area contributed by atoms with E-state index in [1.807, 2.05) is 6.07 Å². The van der Waals surface area contributed by atoms with Gasteiger partial charge in [-0.25, -0.2) is 0 Å². The van der Waals surface area contributed by atoms with Crippen LogP contribution in [0.4, 0.5) is 0 Å². The van der Waals surface area contributed by atoms with Crippen molar-refractivity contribution in [3.05, 3.63) is 35.4 Å². The Labute approximate surface area is 120 Å². The lowest BCUT2D eigenvalue weighted by Crippen LogP contribution is -2.25. The summed E-state index contributed by atoms with van der Waals surface area (Å²) >= 11 is 0. The molecule has 0 heterocycles. The van der Waals surface area contributed by atoms with E-state index in [0.717, 1.165) is 25.1 Å². The van der Waals surface area contributed by atoms with Crippen molar-refractivity contribution >= 4 is 10.8 Å². The lowest BCUT2D eigenvalue weighted by Gasteiger charge is -2.11. The molecule has 0 aliphatic heterocycles. The minimum atomic E-state index is -0.718. The average Bonchev–Trinajstić information content (AvgIpc) is 2.35. The average molecular weight is 281 g/mol.